The molecule has 0 aliphatic rings. The molecule has 1 aromatic heterocycles. The van der Waals surface area contributed by atoms with Crippen molar-refractivity contribution < 1.29 is 27.5 Å². The summed E-state index contributed by atoms with van der Waals surface area (Å²) in [6, 6.07) is 8.42. The Kier molecular flexibility index (Phi) is 6.33. The molecular formula is C22H20F3N3O4. The van der Waals surface area contributed by atoms with Gasteiger partial charge in [0.05, 0.1) is 22.2 Å². The molecule has 0 spiro atoms. The zero-order valence-corrected chi connectivity index (χ0v) is 17.5. The lowest BCUT2D eigenvalue weighted by Crippen LogP contribution is -2.30. The minimum Gasteiger partial charge on any atom is -0.449 e. The van der Waals surface area contributed by atoms with E-state index in [1.54, 1.807) is 13.0 Å². The lowest BCUT2D eigenvalue weighted by molar-refractivity contribution is -0.137. The molecule has 168 valence electrons. The molecule has 0 fully saturated rings. The number of aromatic nitrogens is 2. The summed E-state index contributed by atoms with van der Waals surface area (Å²) in [5, 5.41) is 2.40. The van der Waals surface area contributed by atoms with E-state index in [9.17, 15) is 27.6 Å². The first-order valence-corrected chi connectivity index (χ1v) is 9.71. The number of ether oxygens (including phenoxy) is 1. The average molecular weight is 447 g/mol. The van der Waals surface area contributed by atoms with Crippen molar-refractivity contribution in [1.29, 1.82) is 0 Å². The second kappa shape index (κ2) is 8.81. The molecule has 2 aromatic carbocycles. The normalized spacial score (nSPS) is 12.4. The zero-order chi connectivity index (χ0) is 23.6. The largest absolute Gasteiger partial charge is 0.449 e. The summed E-state index contributed by atoms with van der Waals surface area (Å²) in [6.07, 6.45) is -5.69. The number of nitrogens with one attached hydrogen (secondary N) is 1. The summed E-state index contributed by atoms with van der Waals surface area (Å²) >= 11 is 0. The van der Waals surface area contributed by atoms with Crippen molar-refractivity contribution >= 4 is 28.6 Å². The minimum atomic E-state index is -4.48. The van der Waals surface area contributed by atoms with Gasteiger partial charge in [0.15, 0.2) is 6.10 Å². The fraction of sp³-hybridized carbons (Fsp3) is 0.273. The van der Waals surface area contributed by atoms with Gasteiger partial charge in [0.25, 0.3) is 11.5 Å². The van der Waals surface area contributed by atoms with Crippen molar-refractivity contribution in [3.63, 3.8) is 0 Å². The first-order valence-electron chi connectivity index (χ1n) is 9.71. The van der Waals surface area contributed by atoms with E-state index in [2.05, 4.69) is 10.3 Å². The number of carbonyl (C=O) groups is 2. The highest BCUT2D eigenvalue weighted by molar-refractivity contribution is 5.98. The van der Waals surface area contributed by atoms with Crippen LogP contribution in [0.5, 0.6) is 0 Å². The van der Waals surface area contributed by atoms with Crippen LogP contribution in [-0.4, -0.2) is 27.5 Å². The minimum absolute atomic E-state index is 0.133. The maximum absolute atomic E-state index is 12.6. The summed E-state index contributed by atoms with van der Waals surface area (Å²) in [4.78, 5) is 41.2. The Balaban J connectivity index is 1.72. The quantitative estimate of drug-likeness (QED) is 0.599. The topological polar surface area (TPSA) is 90.3 Å². The molecule has 1 N–H and O–H groups in total. The summed E-state index contributed by atoms with van der Waals surface area (Å²) in [5.74, 6) is -1.48. The highest BCUT2D eigenvalue weighted by Gasteiger charge is 2.30. The highest BCUT2D eigenvalue weighted by atomic mass is 19.4. The molecule has 0 saturated heterocycles. The van der Waals surface area contributed by atoms with Crippen LogP contribution in [0.2, 0.25) is 0 Å². The van der Waals surface area contributed by atoms with Crippen molar-refractivity contribution in [1.82, 2.24) is 9.55 Å². The number of hydrogen-bond donors (Lipinski definition) is 1. The van der Waals surface area contributed by atoms with Gasteiger partial charge in [0.1, 0.15) is 5.69 Å². The third-order valence-corrected chi connectivity index (χ3v) is 4.79. The molecular weight excluding hydrogens is 427 g/mol. The average Bonchev–Trinajstić information content (AvgIpc) is 2.74. The van der Waals surface area contributed by atoms with Gasteiger partial charge < -0.3 is 14.6 Å². The maximum atomic E-state index is 12.6. The second-order valence-corrected chi connectivity index (χ2v) is 7.06. The predicted octanol–water partition coefficient (Wildman–Crippen LogP) is 3.93. The Hall–Kier alpha value is -3.69. The predicted molar refractivity (Wildman–Crippen MR) is 111 cm³/mol. The lowest BCUT2D eigenvalue weighted by atomic mass is 10.2. The number of esters is 1. The molecule has 3 rings (SSSR count). The molecule has 0 bridgehead atoms. The number of rotatable bonds is 5. The lowest BCUT2D eigenvalue weighted by Gasteiger charge is -2.15. The fourth-order valence-corrected chi connectivity index (χ4v) is 3.08. The van der Waals surface area contributed by atoms with Crippen molar-refractivity contribution in [3.8, 4) is 0 Å². The van der Waals surface area contributed by atoms with Crippen molar-refractivity contribution in [2.45, 2.75) is 39.6 Å². The van der Waals surface area contributed by atoms with Crippen molar-refractivity contribution in [2.75, 3.05) is 5.32 Å². The third-order valence-electron chi connectivity index (χ3n) is 4.79. The van der Waals surface area contributed by atoms with Crippen LogP contribution < -0.4 is 10.9 Å². The van der Waals surface area contributed by atoms with Gasteiger partial charge in [0.2, 0.25) is 0 Å². The van der Waals surface area contributed by atoms with E-state index in [1.165, 1.54) is 23.6 Å². The standard InChI is InChI=1S/C22H20F3N3O4/c1-4-28-18-10-5-14(11-17(18)26-12(2)20(28)30)21(31)32-13(3)19(29)27-16-8-6-15(7-9-16)22(23,24)25/h5-11,13H,4H2,1-3H3,(H,27,29). The highest BCUT2D eigenvalue weighted by Crippen LogP contribution is 2.29. The number of amides is 1. The van der Waals surface area contributed by atoms with Crippen LogP contribution >= 0.6 is 0 Å². The Morgan fingerprint density at radius 1 is 1.16 bits per heavy atom. The number of nitrogens with zero attached hydrogens (tertiary/aromatic N) is 2. The number of benzene rings is 2. The van der Waals surface area contributed by atoms with Crippen LogP contribution in [0.3, 0.4) is 0 Å². The van der Waals surface area contributed by atoms with E-state index in [0.29, 0.717) is 17.6 Å². The molecule has 10 heteroatoms. The van der Waals surface area contributed by atoms with E-state index in [4.69, 9.17) is 4.74 Å². The molecule has 0 radical (unpaired) electrons. The van der Waals surface area contributed by atoms with Gasteiger partial charge in [-0.2, -0.15) is 13.2 Å². The first-order chi connectivity index (χ1) is 15.0. The molecule has 0 saturated carbocycles. The smallest absolute Gasteiger partial charge is 0.416 e. The number of halogens is 3. The number of hydrogen-bond acceptors (Lipinski definition) is 5. The molecule has 32 heavy (non-hydrogen) atoms. The van der Waals surface area contributed by atoms with E-state index in [-0.39, 0.29) is 22.5 Å². The molecule has 7 nitrogen and oxygen atoms in total. The van der Waals surface area contributed by atoms with Crippen LogP contribution in [0.1, 0.15) is 35.5 Å². The Morgan fingerprint density at radius 3 is 2.41 bits per heavy atom. The van der Waals surface area contributed by atoms with E-state index >= 15 is 0 Å². The number of carbonyl (C=O) groups excluding carboxylic acids is 2. The molecule has 3 aromatic rings. The zero-order valence-electron chi connectivity index (χ0n) is 17.5. The van der Waals surface area contributed by atoms with Gasteiger partial charge in [-0.25, -0.2) is 9.78 Å². The SMILES string of the molecule is CCn1c(=O)c(C)nc2cc(C(=O)OC(C)C(=O)Nc3ccc(C(F)(F)F)cc3)ccc21. The van der Waals surface area contributed by atoms with Crippen molar-refractivity contribution in [2.24, 2.45) is 0 Å². The van der Waals surface area contributed by atoms with E-state index < -0.39 is 29.7 Å². The number of fused-ring (bicyclic) bond motifs is 1. The summed E-state index contributed by atoms with van der Waals surface area (Å²) in [7, 11) is 0. The molecule has 0 aliphatic heterocycles. The van der Waals surface area contributed by atoms with E-state index in [1.807, 2.05) is 6.92 Å². The first kappa shape index (κ1) is 23.0. The van der Waals surface area contributed by atoms with Crippen LogP contribution in [-0.2, 0) is 22.3 Å². The van der Waals surface area contributed by atoms with Crippen LogP contribution in [0.15, 0.2) is 47.3 Å². The molecule has 1 atom stereocenters. The van der Waals surface area contributed by atoms with Gasteiger partial charge in [-0.1, -0.05) is 0 Å². The van der Waals surface area contributed by atoms with Gasteiger partial charge in [-0.3, -0.25) is 9.59 Å². The van der Waals surface area contributed by atoms with Gasteiger partial charge >= 0.3 is 12.1 Å². The molecule has 1 unspecified atom stereocenters. The van der Waals surface area contributed by atoms with Gasteiger partial charge in [-0.15, -0.1) is 0 Å². The summed E-state index contributed by atoms with van der Waals surface area (Å²) in [5.41, 5.74) is 0.489. The number of anilines is 1. The molecule has 1 heterocycles. The molecule has 1 amide bonds. The molecule has 0 aliphatic carbocycles. The van der Waals surface area contributed by atoms with Gasteiger partial charge in [0, 0.05) is 12.2 Å². The number of aryl methyl sites for hydroxylation is 2. The monoisotopic (exact) mass is 447 g/mol. The Labute approximate surface area is 180 Å². The second-order valence-electron chi connectivity index (χ2n) is 7.06. The van der Waals surface area contributed by atoms with Gasteiger partial charge in [-0.05, 0) is 63.2 Å². The maximum Gasteiger partial charge on any atom is 0.416 e. The summed E-state index contributed by atoms with van der Waals surface area (Å²) < 4.78 is 44.6. The van der Waals surface area contributed by atoms with Crippen LogP contribution in [0.25, 0.3) is 11.0 Å². The number of alkyl halides is 3. The van der Waals surface area contributed by atoms with E-state index in [0.717, 1.165) is 24.3 Å². The third kappa shape index (κ3) is 4.79. The fourth-order valence-electron chi connectivity index (χ4n) is 3.08. The van der Waals surface area contributed by atoms with Crippen LogP contribution in [0, 0.1) is 6.92 Å². The van der Waals surface area contributed by atoms with Crippen molar-refractivity contribution in [3.05, 3.63) is 69.6 Å². The Bertz CT molecular complexity index is 1230. The van der Waals surface area contributed by atoms with Crippen LogP contribution in [0.4, 0.5) is 18.9 Å². The Morgan fingerprint density at radius 2 is 1.81 bits per heavy atom. The summed E-state index contributed by atoms with van der Waals surface area (Å²) in [6.45, 7) is 5.17.